The first-order chi connectivity index (χ1) is 12.2. The van der Waals surface area contributed by atoms with Crippen LogP contribution in [-0.4, -0.2) is 25.3 Å². The highest BCUT2D eigenvalue weighted by atomic mass is 16.7. The minimum Gasteiger partial charge on any atom is -0.494 e. The highest BCUT2D eigenvalue weighted by molar-refractivity contribution is 6.13. The molecule has 6 nitrogen and oxygen atoms in total. The summed E-state index contributed by atoms with van der Waals surface area (Å²) in [5, 5.41) is 0. The van der Waals surface area contributed by atoms with Crippen LogP contribution in [0.5, 0.6) is 17.2 Å². The first-order valence-corrected chi connectivity index (χ1v) is 7.88. The van der Waals surface area contributed by atoms with Gasteiger partial charge < -0.3 is 18.9 Å². The first-order valence-electron chi connectivity index (χ1n) is 7.88. The highest BCUT2D eigenvalue weighted by Gasteiger charge is 2.25. The second kappa shape index (κ2) is 6.32. The largest absolute Gasteiger partial charge is 0.494 e. The molecule has 0 amide bonds. The molecular formula is C19H15NO5. The van der Waals surface area contributed by atoms with Crippen LogP contribution < -0.4 is 14.2 Å². The van der Waals surface area contributed by atoms with Gasteiger partial charge in [0.2, 0.25) is 12.7 Å². The zero-order valence-electron chi connectivity index (χ0n) is 13.5. The standard InChI is InChI=1S/C19H15NO5/c1-2-22-14-6-3-12(4-7-14)9-15-19(21)25-18(20-15)13-5-8-16-17(10-13)24-11-23-16/h3-10H,2,11H2,1H3/b15-9+. The molecule has 0 saturated heterocycles. The molecule has 0 spiro atoms. The van der Waals surface area contributed by atoms with Gasteiger partial charge >= 0.3 is 5.97 Å². The van der Waals surface area contributed by atoms with Gasteiger partial charge in [0, 0.05) is 5.56 Å². The van der Waals surface area contributed by atoms with E-state index in [1.807, 2.05) is 31.2 Å². The molecule has 2 aliphatic heterocycles. The second-order valence-corrected chi connectivity index (χ2v) is 5.41. The summed E-state index contributed by atoms with van der Waals surface area (Å²) in [5.74, 6) is 1.82. The van der Waals surface area contributed by atoms with Gasteiger partial charge in [0.25, 0.3) is 0 Å². The van der Waals surface area contributed by atoms with E-state index >= 15 is 0 Å². The maximum absolute atomic E-state index is 12.1. The monoisotopic (exact) mass is 337 g/mol. The minimum absolute atomic E-state index is 0.188. The second-order valence-electron chi connectivity index (χ2n) is 5.41. The molecule has 0 aromatic heterocycles. The van der Waals surface area contributed by atoms with Crippen molar-refractivity contribution in [3.63, 3.8) is 0 Å². The summed E-state index contributed by atoms with van der Waals surface area (Å²) in [6.07, 6.45) is 1.68. The van der Waals surface area contributed by atoms with Crippen molar-refractivity contribution in [2.45, 2.75) is 6.92 Å². The Morgan fingerprint density at radius 2 is 1.92 bits per heavy atom. The van der Waals surface area contributed by atoms with Crippen LogP contribution in [0.2, 0.25) is 0 Å². The molecule has 0 bridgehead atoms. The van der Waals surface area contributed by atoms with Crippen LogP contribution in [0, 0.1) is 0 Å². The van der Waals surface area contributed by atoms with Gasteiger partial charge in [-0.05, 0) is 48.9 Å². The third-order valence-electron chi connectivity index (χ3n) is 3.73. The van der Waals surface area contributed by atoms with E-state index in [0.717, 1.165) is 11.3 Å². The average Bonchev–Trinajstić information content (AvgIpc) is 3.23. The molecule has 0 fully saturated rings. The molecule has 0 N–H and O–H groups in total. The summed E-state index contributed by atoms with van der Waals surface area (Å²) in [6, 6.07) is 12.7. The fourth-order valence-corrected chi connectivity index (χ4v) is 2.55. The molecule has 4 rings (SSSR count). The Morgan fingerprint density at radius 1 is 1.12 bits per heavy atom. The van der Waals surface area contributed by atoms with Crippen LogP contribution in [0.15, 0.2) is 53.2 Å². The van der Waals surface area contributed by atoms with E-state index in [1.54, 1.807) is 24.3 Å². The minimum atomic E-state index is -0.485. The summed E-state index contributed by atoms with van der Waals surface area (Å²) in [4.78, 5) is 16.4. The molecule has 0 aliphatic carbocycles. The number of fused-ring (bicyclic) bond motifs is 1. The van der Waals surface area contributed by atoms with Crippen molar-refractivity contribution in [3.8, 4) is 17.2 Å². The van der Waals surface area contributed by atoms with Crippen molar-refractivity contribution < 1.29 is 23.7 Å². The number of carbonyl (C=O) groups excluding carboxylic acids is 1. The number of ether oxygens (including phenoxy) is 4. The van der Waals surface area contributed by atoms with Crippen LogP contribution in [0.25, 0.3) is 6.08 Å². The third kappa shape index (κ3) is 3.06. The maximum atomic E-state index is 12.1. The number of cyclic esters (lactones) is 1. The lowest BCUT2D eigenvalue weighted by molar-refractivity contribution is -0.129. The van der Waals surface area contributed by atoms with Crippen molar-refractivity contribution in [3.05, 3.63) is 59.3 Å². The Morgan fingerprint density at radius 3 is 2.72 bits per heavy atom. The Balaban J connectivity index is 1.59. The third-order valence-corrected chi connectivity index (χ3v) is 3.73. The quantitative estimate of drug-likeness (QED) is 0.633. The Labute approximate surface area is 144 Å². The number of aliphatic imine (C=N–C) groups is 1. The van der Waals surface area contributed by atoms with E-state index in [0.29, 0.717) is 23.7 Å². The zero-order chi connectivity index (χ0) is 17.2. The molecule has 0 unspecified atom stereocenters. The average molecular weight is 337 g/mol. The van der Waals surface area contributed by atoms with E-state index in [-0.39, 0.29) is 18.4 Å². The summed E-state index contributed by atoms with van der Waals surface area (Å²) in [6.45, 7) is 2.72. The van der Waals surface area contributed by atoms with Gasteiger partial charge in [-0.25, -0.2) is 9.79 Å². The number of nitrogens with zero attached hydrogens (tertiary/aromatic N) is 1. The van der Waals surface area contributed by atoms with E-state index in [9.17, 15) is 4.79 Å². The number of hydrogen-bond acceptors (Lipinski definition) is 6. The Hall–Kier alpha value is -3.28. The van der Waals surface area contributed by atoms with Gasteiger partial charge in [-0.2, -0.15) is 0 Å². The molecule has 2 aromatic rings. The predicted octanol–water partition coefficient (Wildman–Crippen LogP) is 3.16. The highest BCUT2D eigenvalue weighted by Crippen LogP contribution is 2.33. The van der Waals surface area contributed by atoms with Crippen LogP contribution in [-0.2, 0) is 9.53 Å². The number of rotatable bonds is 4. The summed E-state index contributed by atoms with van der Waals surface area (Å²) >= 11 is 0. The smallest absolute Gasteiger partial charge is 0.363 e. The number of benzene rings is 2. The fourth-order valence-electron chi connectivity index (χ4n) is 2.55. The molecule has 0 saturated carbocycles. The van der Waals surface area contributed by atoms with Crippen molar-refractivity contribution >= 4 is 17.9 Å². The number of esters is 1. The van der Waals surface area contributed by atoms with Crippen molar-refractivity contribution in [1.29, 1.82) is 0 Å². The fraction of sp³-hybridized carbons (Fsp3) is 0.158. The summed E-state index contributed by atoms with van der Waals surface area (Å²) in [5.41, 5.74) is 1.75. The Bertz CT molecular complexity index is 883. The van der Waals surface area contributed by atoms with Crippen LogP contribution in [0.3, 0.4) is 0 Å². The lowest BCUT2D eigenvalue weighted by Gasteiger charge is -2.02. The Kier molecular flexibility index (Phi) is 3.85. The molecule has 2 aliphatic rings. The summed E-state index contributed by atoms with van der Waals surface area (Å²) in [7, 11) is 0. The van der Waals surface area contributed by atoms with E-state index in [1.165, 1.54) is 0 Å². The number of carbonyl (C=O) groups is 1. The van der Waals surface area contributed by atoms with Crippen LogP contribution in [0.1, 0.15) is 18.1 Å². The zero-order valence-corrected chi connectivity index (χ0v) is 13.5. The first kappa shape index (κ1) is 15.3. The maximum Gasteiger partial charge on any atom is 0.363 e. The van der Waals surface area contributed by atoms with Gasteiger partial charge in [-0.1, -0.05) is 12.1 Å². The molecule has 2 heterocycles. The van der Waals surface area contributed by atoms with Crippen molar-refractivity contribution in [2.75, 3.05) is 13.4 Å². The SMILES string of the molecule is CCOc1ccc(/C=C2/N=C(c3ccc4c(c3)OCO4)OC2=O)cc1. The molecule has 126 valence electrons. The van der Waals surface area contributed by atoms with E-state index in [2.05, 4.69) is 4.99 Å². The number of hydrogen-bond donors (Lipinski definition) is 0. The van der Waals surface area contributed by atoms with Crippen LogP contribution in [0.4, 0.5) is 0 Å². The summed E-state index contributed by atoms with van der Waals surface area (Å²) < 4.78 is 21.3. The lowest BCUT2D eigenvalue weighted by atomic mass is 10.2. The van der Waals surface area contributed by atoms with Gasteiger partial charge in [0.1, 0.15) is 5.75 Å². The predicted molar refractivity (Wildman–Crippen MR) is 90.8 cm³/mol. The van der Waals surface area contributed by atoms with Crippen molar-refractivity contribution in [1.82, 2.24) is 0 Å². The van der Waals surface area contributed by atoms with E-state index in [4.69, 9.17) is 18.9 Å². The van der Waals surface area contributed by atoms with E-state index < -0.39 is 5.97 Å². The normalized spacial score (nSPS) is 16.8. The lowest BCUT2D eigenvalue weighted by Crippen LogP contribution is -2.05. The molecule has 0 atom stereocenters. The van der Waals surface area contributed by atoms with Gasteiger partial charge in [0.05, 0.1) is 6.61 Å². The van der Waals surface area contributed by atoms with Gasteiger partial charge in [-0.3, -0.25) is 0 Å². The molecule has 25 heavy (non-hydrogen) atoms. The molecular weight excluding hydrogens is 322 g/mol. The van der Waals surface area contributed by atoms with Gasteiger partial charge in [-0.15, -0.1) is 0 Å². The topological polar surface area (TPSA) is 66.3 Å². The van der Waals surface area contributed by atoms with Crippen molar-refractivity contribution in [2.24, 2.45) is 4.99 Å². The molecule has 2 aromatic carbocycles. The van der Waals surface area contributed by atoms with Gasteiger partial charge in [0.15, 0.2) is 17.2 Å². The van der Waals surface area contributed by atoms with Crippen LogP contribution >= 0.6 is 0 Å². The molecule has 6 heteroatoms. The molecule has 0 radical (unpaired) electrons.